The van der Waals surface area contributed by atoms with Crippen molar-refractivity contribution in [2.75, 3.05) is 26.2 Å². The van der Waals surface area contributed by atoms with Gasteiger partial charge in [0.15, 0.2) is 11.5 Å². The molecule has 1 aliphatic carbocycles. The van der Waals surface area contributed by atoms with Gasteiger partial charge in [-0.25, -0.2) is 0 Å². The Balaban J connectivity index is 1.52. The van der Waals surface area contributed by atoms with Gasteiger partial charge in [-0.1, -0.05) is 18.6 Å². The fourth-order valence-electron chi connectivity index (χ4n) is 4.25. The van der Waals surface area contributed by atoms with Gasteiger partial charge in [-0.2, -0.15) is 0 Å². The van der Waals surface area contributed by atoms with E-state index in [1.807, 2.05) is 38.1 Å². The zero-order valence-corrected chi connectivity index (χ0v) is 15.0. The summed E-state index contributed by atoms with van der Waals surface area (Å²) in [5.41, 5.74) is 0.150. The molecule has 1 aromatic carbocycles. The van der Waals surface area contributed by atoms with Crippen molar-refractivity contribution in [2.45, 2.75) is 58.2 Å². The van der Waals surface area contributed by atoms with E-state index in [0.29, 0.717) is 6.61 Å². The molecule has 0 unspecified atom stereocenters. The molecule has 0 amide bonds. The minimum absolute atomic E-state index is 0.110. The number of hydrogen-bond donors (Lipinski definition) is 1. The van der Waals surface area contributed by atoms with Gasteiger partial charge in [-0.05, 0) is 58.2 Å². The van der Waals surface area contributed by atoms with Crippen LogP contribution in [0.4, 0.5) is 0 Å². The molecule has 0 aromatic heterocycles. The predicted molar refractivity (Wildman–Crippen MR) is 95.7 cm³/mol. The molecule has 1 heterocycles. The van der Waals surface area contributed by atoms with Gasteiger partial charge in [-0.15, -0.1) is 0 Å². The number of aliphatic hydroxyl groups is 1. The second kappa shape index (κ2) is 7.75. The Morgan fingerprint density at radius 1 is 1.21 bits per heavy atom. The predicted octanol–water partition coefficient (Wildman–Crippen LogP) is 3.48. The van der Waals surface area contributed by atoms with Crippen LogP contribution < -0.4 is 9.47 Å². The standard InChI is InChI=1S/C20H31NO3/c1-16(2)24-18-8-4-3-7-17(18)23-14-13-21-12-6-11-20(15-21)10-5-9-19(20)22/h3-4,7-8,16,19,22H,5-6,9-15H2,1-2H3/t19-,20-/m1/s1. The van der Waals surface area contributed by atoms with E-state index >= 15 is 0 Å². The third-order valence-corrected chi connectivity index (χ3v) is 5.42. The SMILES string of the molecule is CC(C)Oc1ccccc1OCCN1CCC[C@]2(CCC[C@H]2O)C1. The molecule has 134 valence electrons. The highest BCUT2D eigenvalue weighted by molar-refractivity contribution is 5.39. The largest absolute Gasteiger partial charge is 0.488 e. The summed E-state index contributed by atoms with van der Waals surface area (Å²) in [4.78, 5) is 2.46. The number of hydrogen-bond acceptors (Lipinski definition) is 4. The quantitative estimate of drug-likeness (QED) is 0.865. The molecule has 2 atom stereocenters. The van der Waals surface area contributed by atoms with Gasteiger partial charge in [0.05, 0.1) is 12.2 Å². The van der Waals surface area contributed by atoms with Crippen molar-refractivity contribution in [3.63, 3.8) is 0 Å². The van der Waals surface area contributed by atoms with Crippen molar-refractivity contribution in [2.24, 2.45) is 5.41 Å². The van der Waals surface area contributed by atoms with Gasteiger partial charge in [0, 0.05) is 18.5 Å². The fourth-order valence-corrected chi connectivity index (χ4v) is 4.25. The molecule has 1 spiro atoms. The maximum absolute atomic E-state index is 10.4. The zero-order valence-electron chi connectivity index (χ0n) is 15.0. The van der Waals surface area contributed by atoms with E-state index in [1.165, 1.54) is 25.7 Å². The molecule has 1 N–H and O–H groups in total. The molecule has 3 rings (SSSR count). The molecule has 4 heteroatoms. The van der Waals surface area contributed by atoms with Crippen molar-refractivity contribution < 1.29 is 14.6 Å². The molecule has 0 bridgehead atoms. The number of piperidine rings is 1. The number of rotatable bonds is 6. The highest BCUT2D eigenvalue weighted by atomic mass is 16.5. The molecule has 2 fully saturated rings. The second-order valence-electron chi connectivity index (χ2n) is 7.61. The lowest BCUT2D eigenvalue weighted by molar-refractivity contribution is -0.0124. The summed E-state index contributed by atoms with van der Waals surface area (Å²) in [6.45, 7) is 7.74. The van der Waals surface area contributed by atoms with Gasteiger partial charge in [-0.3, -0.25) is 4.90 Å². The summed E-state index contributed by atoms with van der Waals surface area (Å²) in [6, 6.07) is 7.88. The Morgan fingerprint density at radius 3 is 2.67 bits per heavy atom. The minimum atomic E-state index is -0.110. The fraction of sp³-hybridized carbons (Fsp3) is 0.700. The van der Waals surface area contributed by atoms with E-state index in [9.17, 15) is 5.11 Å². The molecule has 1 saturated heterocycles. The average Bonchev–Trinajstić information content (AvgIpc) is 2.89. The lowest BCUT2D eigenvalue weighted by Crippen LogP contribution is -2.48. The second-order valence-corrected chi connectivity index (χ2v) is 7.61. The monoisotopic (exact) mass is 333 g/mol. The third-order valence-electron chi connectivity index (χ3n) is 5.42. The van der Waals surface area contributed by atoms with E-state index in [-0.39, 0.29) is 17.6 Å². The minimum Gasteiger partial charge on any atom is -0.488 e. The van der Waals surface area contributed by atoms with Crippen molar-refractivity contribution in [1.29, 1.82) is 0 Å². The third kappa shape index (κ3) is 4.04. The van der Waals surface area contributed by atoms with E-state index in [1.54, 1.807) is 0 Å². The first-order chi connectivity index (χ1) is 11.6. The Kier molecular flexibility index (Phi) is 5.67. The van der Waals surface area contributed by atoms with Gasteiger partial charge in [0.1, 0.15) is 6.61 Å². The van der Waals surface area contributed by atoms with E-state index < -0.39 is 0 Å². The van der Waals surface area contributed by atoms with Crippen LogP contribution in [0, 0.1) is 5.41 Å². The zero-order chi connectivity index (χ0) is 17.0. The van der Waals surface area contributed by atoms with Crippen molar-refractivity contribution >= 4 is 0 Å². The maximum atomic E-state index is 10.4. The first kappa shape index (κ1) is 17.6. The summed E-state index contributed by atoms with van der Waals surface area (Å²) >= 11 is 0. The first-order valence-electron chi connectivity index (χ1n) is 9.38. The van der Waals surface area contributed by atoms with Crippen molar-refractivity contribution in [3.05, 3.63) is 24.3 Å². The van der Waals surface area contributed by atoms with Gasteiger partial charge < -0.3 is 14.6 Å². The van der Waals surface area contributed by atoms with Gasteiger partial charge >= 0.3 is 0 Å². The first-order valence-corrected chi connectivity index (χ1v) is 9.38. The molecule has 1 aliphatic heterocycles. The summed E-state index contributed by atoms with van der Waals surface area (Å²) in [5.74, 6) is 1.63. The smallest absolute Gasteiger partial charge is 0.161 e. The molecular formula is C20H31NO3. The van der Waals surface area contributed by atoms with E-state index in [2.05, 4.69) is 4.90 Å². The highest BCUT2D eigenvalue weighted by Crippen LogP contribution is 2.44. The van der Waals surface area contributed by atoms with Crippen molar-refractivity contribution in [1.82, 2.24) is 4.90 Å². The molecular weight excluding hydrogens is 302 g/mol. The van der Waals surface area contributed by atoms with Gasteiger partial charge in [0.25, 0.3) is 0 Å². The maximum Gasteiger partial charge on any atom is 0.161 e. The molecule has 1 saturated carbocycles. The molecule has 2 aliphatic rings. The van der Waals surface area contributed by atoms with Crippen LogP contribution in [-0.2, 0) is 0 Å². The topological polar surface area (TPSA) is 41.9 Å². The summed E-state index contributed by atoms with van der Waals surface area (Å²) < 4.78 is 11.8. The van der Waals surface area contributed by atoms with Crippen LogP contribution in [0.25, 0.3) is 0 Å². The Labute approximate surface area is 145 Å². The highest BCUT2D eigenvalue weighted by Gasteiger charge is 2.44. The Morgan fingerprint density at radius 2 is 1.96 bits per heavy atom. The summed E-state index contributed by atoms with van der Waals surface area (Å²) in [6.07, 6.45) is 5.72. The van der Waals surface area contributed by atoms with Crippen LogP contribution in [0.2, 0.25) is 0 Å². The van der Waals surface area contributed by atoms with Crippen LogP contribution in [0.3, 0.4) is 0 Å². The van der Waals surface area contributed by atoms with Crippen LogP contribution in [0.15, 0.2) is 24.3 Å². The lowest BCUT2D eigenvalue weighted by atomic mass is 9.77. The number of ether oxygens (including phenoxy) is 2. The Bertz CT molecular complexity index is 533. The molecule has 24 heavy (non-hydrogen) atoms. The molecule has 0 radical (unpaired) electrons. The summed E-state index contributed by atoms with van der Waals surface area (Å²) in [5, 5.41) is 10.4. The number of nitrogens with zero attached hydrogens (tertiary/aromatic N) is 1. The van der Waals surface area contributed by atoms with E-state index in [4.69, 9.17) is 9.47 Å². The molecule has 1 aromatic rings. The van der Waals surface area contributed by atoms with E-state index in [0.717, 1.165) is 37.6 Å². The van der Waals surface area contributed by atoms with Gasteiger partial charge in [0.2, 0.25) is 0 Å². The van der Waals surface area contributed by atoms with Crippen LogP contribution in [-0.4, -0.2) is 48.5 Å². The average molecular weight is 333 g/mol. The van der Waals surface area contributed by atoms with Crippen molar-refractivity contribution in [3.8, 4) is 11.5 Å². The molecule has 4 nitrogen and oxygen atoms in total. The number of likely N-dealkylation sites (tertiary alicyclic amines) is 1. The lowest BCUT2D eigenvalue weighted by Gasteiger charge is -2.42. The number of benzene rings is 1. The van der Waals surface area contributed by atoms with Crippen LogP contribution in [0.1, 0.15) is 46.0 Å². The number of aliphatic hydroxyl groups excluding tert-OH is 1. The van der Waals surface area contributed by atoms with Crippen LogP contribution >= 0.6 is 0 Å². The number of para-hydroxylation sites is 2. The van der Waals surface area contributed by atoms with Crippen LogP contribution in [0.5, 0.6) is 11.5 Å². The normalized spacial score (nSPS) is 27.8. The Hall–Kier alpha value is -1.26. The summed E-state index contributed by atoms with van der Waals surface area (Å²) in [7, 11) is 0.